The summed E-state index contributed by atoms with van der Waals surface area (Å²) < 4.78 is 0. The van der Waals surface area contributed by atoms with Crippen LogP contribution in [0.4, 0.5) is 0 Å². The molecular formula is C12H12O4. The van der Waals surface area contributed by atoms with E-state index < -0.39 is 0 Å². The van der Waals surface area contributed by atoms with Crippen molar-refractivity contribution in [1.82, 2.24) is 0 Å². The van der Waals surface area contributed by atoms with Gasteiger partial charge in [0.1, 0.15) is 0 Å². The quantitative estimate of drug-likeness (QED) is 0.586. The zero-order chi connectivity index (χ0) is 10.3. The maximum absolute atomic E-state index is 4.89. The molecule has 0 spiro atoms. The van der Waals surface area contributed by atoms with Crippen molar-refractivity contribution in [2.45, 2.75) is 0 Å². The molecule has 0 fully saturated rings. The fourth-order valence-corrected chi connectivity index (χ4v) is 1.05. The Morgan fingerprint density at radius 3 is 1.31 bits per heavy atom. The van der Waals surface area contributed by atoms with Crippen molar-refractivity contribution in [3.63, 3.8) is 0 Å². The second kappa shape index (κ2) is 6.44. The average Bonchev–Trinajstić information content (AvgIpc) is 2.32. The third-order valence-electron chi connectivity index (χ3n) is 1.75. The van der Waals surface area contributed by atoms with Gasteiger partial charge in [-0.25, -0.2) is 0 Å². The summed E-state index contributed by atoms with van der Waals surface area (Å²) in [6, 6.07) is 18.3. The first-order valence-electron chi connectivity index (χ1n) is 4.56. The molecule has 2 aromatic rings. The molecule has 0 bridgehead atoms. The van der Waals surface area contributed by atoms with Gasteiger partial charge in [0.25, 0.3) is 0 Å². The van der Waals surface area contributed by atoms with Gasteiger partial charge in [-0.2, -0.15) is 0 Å². The van der Waals surface area contributed by atoms with Gasteiger partial charge in [0.15, 0.2) is 11.5 Å². The molecule has 16 heavy (non-hydrogen) atoms. The van der Waals surface area contributed by atoms with Crippen LogP contribution in [0.1, 0.15) is 0 Å². The summed E-state index contributed by atoms with van der Waals surface area (Å²) in [5, 5.41) is 4.61. The third-order valence-corrected chi connectivity index (χ3v) is 1.75. The Balaban J connectivity index is 0.00000128. The first-order chi connectivity index (χ1) is 7.45. The van der Waals surface area contributed by atoms with Gasteiger partial charge in [0.2, 0.25) is 0 Å². The second-order valence-electron chi connectivity index (χ2n) is 2.86. The van der Waals surface area contributed by atoms with Gasteiger partial charge in [0, 0.05) is 5.04 Å². The molecule has 2 N–H and O–H groups in total. The van der Waals surface area contributed by atoms with Gasteiger partial charge in [0.05, 0.1) is 0 Å². The molecule has 0 aliphatic heterocycles. The summed E-state index contributed by atoms with van der Waals surface area (Å²) in [4.78, 5) is 9.78. The highest BCUT2D eigenvalue weighted by molar-refractivity contribution is 5.21. The van der Waals surface area contributed by atoms with Gasteiger partial charge in [-0.05, 0) is 24.3 Å². The van der Waals surface area contributed by atoms with Gasteiger partial charge in [-0.15, -0.1) is 0 Å². The van der Waals surface area contributed by atoms with Crippen LogP contribution < -0.4 is 9.78 Å². The summed E-state index contributed by atoms with van der Waals surface area (Å²) in [5.41, 5.74) is 0. The molecule has 0 saturated heterocycles. The van der Waals surface area contributed by atoms with Crippen LogP contribution in [0.5, 0.6) is 11.5 Å². The highest BCUT2D eigenvalue weighted by Gasteiger charge is 1.95. The zero-order valence-electron chi connectivity index (χ0n) is 8.50. The molecule has 0 atom stereocenters. The molecule has 2 rings (SSSR count). The molecule has 0 radical (unpaired) electrons. The molecule has 0 amide bonds. The molecular weight excluding hydrogens is 208 g/mol. The minimum Gasteiger partial charge on any atom is -0.412 e. The predicted octanol–water partition coefficient (Wildman–Crippen LogP) is 2.17. The van der Waals surface area contributed by atoms with E-state index in [1.165, 1.54) is 0 Å². The molecule has 4 heteroatoms. The lowest BCUT2D eigenvalue weighted by molar-refractivity contribution is -0.411. The standard InChI is InChI=1S/C12H10O3.H2O/c1-3-7-11(8-4-1)13-15-14-12-9-5-2-6-10-12;/h1-10H;1H2. The summed E-state index contributed by atoms with van der Waals surface area (Å²) in [7, 11) is 0. The Morgan fingerprint density at radius 2 is 0.938 bits per heavy atom. The minimum atomic E-state index is 0. The van der Waals surface area contributed by atoms with Crippen LogP contribution in [0.3, 0.4) is 0 Å². The Kier molecular flexibility index (Phi) is 4.85. The van der Waals surface area contributed by atoms with E-state index in [4.69, 9.17) is 9.78 Å². The van der Waals surface area contributed by atoms with Crippen LogP contribution in [-0.4, -0.2) is 5.48 Å². The number of hydrogen-bond donors (Lipinski definition) is 0. The Bertz CT molecular complexity index is 349. The number of benzene rings is 2. The maximum atomic E-state index is 4.89. The number of para-hydroxylation sites is 2. The fraction of sp³-hybridized carbons (Fsp3) is 0. The van der Waals surface area contributed by atoms with E-state index in [0.717, 1.165) is 0 Å². The Morgan fingerprint density at radius 1 is 0.562 bits per heavy atom. The predicted molar refractivity (Wildman–Crippen MR) is 58.8 cm³/mol. The van der Waals surface area contributed by atoms with Gasteiger partial charge < -0.3 is 5.48 Å². The SMILES string of the molecule is O.c1ccc(OOOc2ccccc2)cc1. The second-order valence-corrected chi connectivity index (χ2v) is 2.86. The molecule has 0 saturated carbocycles. The van der Waals surface area contributed by atoms with Crippen molar-refractivity contribution in [3.8, 4) is 11.5 Å². The van der Waals surface area contributed by atoms with E-state index in [9.17, 15) is 0 Å². The van der Waals surface area contributed by atoms with Crippen molar-refractivity contribution in [3.05, 3.63) is 60.7 Å². The smallest absolute Gasteiger partial charge is 0.169 e. The minimum absolute atomic E-state index is 0. The lowest BCUT2D eigenvalue weighted by Gasteiger charge is -2.03. The summed E-state index contributed by atoms with van der Waals surface area (Å²) in [6.07, 6.45) is 0. The average molecular weight is 220 g/mol. The van der Waals surface area contributed by atoms with E-state index in [-0.39, 0.29) is 5.48 Å². The van der Waals surface area contributed by atoms with Gasteiger partial charge in [-0.1, -0.05) is 36.4 Å². The maximum Gasteiger partial charge on any atom is 0.169 e. The molecule has 0 aliphatic carbocycles. The van der Waals surface area contributed by atoms with Crippen LogP contribution >= 0.6 is 0 Å². The monoisotopic (exact) mass is 220 g/mol. The van der Waals surface area contributed by atoms with Crippen molar-refractivity contribution >= 4 is 0 Å². The largest absolute Gasteiger partial charge is 0.412 e. The van der Waals surface area contributed by atoms with E-state index >= 15 is 0 Å². The lowest BCUT2D eigenvalue weighted by Crippen LogP contribution is -2.01. The van der Waals surface area contributed by atoms with Crippen LogP contribution in [0, 0.1) is 0 Å². The topological polar surface area (TPSA) is 59.2 Å². The van der Waals surface area contributed by atoms with E-state index in [1.807, 2.05) is 36.4 Å². The fourth-order valence-electron chi connectivity index (χ4n) is 1.05. The van der Waals surface area contributed by atoms with Crippen LogP contribution in [0.15, 0.2) is 60.7 Å². The summed E-state index contributed by atoms with van der Waals surface area (Å²) in [5.74, 6) is 1.18. The van der Waals surface area contributed by atoms with Crippen LogP contribution in [-0.2, 0) is 5.04 Å². The van der Waals surface area contributed by atoms with Crippen LogP contribution in [0.2, 0.25) is 0 Å². The summed E-state index contributed by atoms with van der Waals surface area (Å²) >= 11 is 0. The lowest BCUT2D eigenvalue weighted by atomic mass is 10.3. The van der Waals surface area contributed by atoms with Crippen LogP contribution in [0.25, 0.3) is 0 Å². The number of hydrogen-bond acceptors (Lipinski definition) is 3. The highest BCUT2D eigenvalue weighted by Crippen LogP contribution is 2.12. The molecule has 84 valence electrons. The first kappa shape index (κ1) is 12.0. The van der Waals surface area contributed by atoms with Gasteiger partial charge >= 0.3 is 0 Å². The molecule has 0 aliphatic rings. The Hall–Kier alpha value is -2.04. The van der Waals surface area contributed by atoms with E-state index in [1.54, 1.807) is 24.3 Å². The molecule has 2 aromatic carbocycles. The molecule has 0 heterocycles. The molecule has 0 aromatic heterocycles. The molecule has 4 nitrogen and oxygen atoms in total. The first-order valence-corrected chi connectivity index (χ1v) is 4.56. The molecule has 0 unspecified atom stereocenters. The summed E-state index contributed by atoms with van der Waals surface area (Å²) in [6.45, 7) is 0. The third kappa shape index (κ3) is 3.61. The van der Waals surface area contributed by atoms with Gasteiger partial charge in [-0.3, -0.25) is 9.78 Å². The van der Waals surface area contributed by atoms with E-state index in [0.29, 0.717) is 11.5 Å². The highest BCUT2D eigenvalue weighted by atomic mass is 17.5. The Labute approximate surface area is 93.2 Å². The normalized spacial score (nSPS) is 9.00. The number of rotatable bonds is 4. The zero-order valence-corrected chi connectivity index (χ0v) is 8.50. The van der Waals surface area contributed by atoms with E-state index in [2.05, 4.69) is 5.04 Å². The van der Waals surface area contributed by atoms with Crippen molar-refractivity contribution < 1.29 is 20.3 Å². The van der Waals surface area contributed by atoms with Crippen molar-refractivity contribution in [1.29, 1.82) is 0 Å². The van der Waals surface area contributed by atoms with Crippen molar-refractivity contribution in [2.75, 3.05) is 0 Å². The van der Waals surface area contributed by atoms with Crippen molar-refractivity contribution in [2.24, 2.45) is 0 Å².